The topological polar surface area (TPSA) is 91.4 Å². The highest BCUT2D eigenvalue weighted by Crippen LogP contribution is 2.10. The Bertz CT molecular complexity index is 219. The summed E-state index contributed by atoms with van der Waals surface area (Å²) in [5, 5.41) is 14.1. The summed E-state index contributed by atoms with van der Waals surface area (Å²) in [6.07, 6.45) is 2.04. The molecular formula is C5H9N5S. The van der Waals surface area contributed by atoms with Crippen molar-refractivity contribution in [2.75, 3.05) is 5.75 Å². The molecule has 0 aliphatic heterocycles. The number of nitrogens with two attached hydrogens (primary N) is 1. The predicted molar refractivity (Wildman–Crippen MR) is 43.6 cm³/mol. The Labute approximate surface area is 68.3 Å². The lowest BCUT2D eigenvalue weighted by Gasteiger charge is -1.94. The highest BCUT2D eigenvalue weighted by atomic mass is 32.2. The van der Waals surface area contributed by atoms with Gasteiger partial charge in [0.25, 0.3) is 0 Å². The van der Waals surface area contributed by atoms with Gasteiger partial charge in [-0.1, -0.05) is 11.8 Å². The largest absolute Gasteiger partial charge is 0.388 e. The number of H-pyrrole nitrogens is 1. The van der Waals surface area contributed by atoms with E-state index in [1.165, 1.54) is 18.1 Å². The van der Waals surface area contributed by atoms with Gasteiger partial charge in [0.05, 0.1) is 5.84 Å². The van der Waals surface area contributed by atoms with E-state index < -0.39 is 0 Å². The van der Waals surface area contributed by atoms with Crippen molar-refractivity contribution in [1.29, 1.82) is 5.41 Å². The molecule has 5 nitrogen and oxygen atoms in total. The summed E-state index contributed by atoms with van der Waals surface area (Å²) in [5.41, 5.74) is 5.16. The van der Waals surface area contributed by atoms with Gasteiger partial charge < -0.3 is 5.73 Å². The van der Waals surface area contributed by atoms with Crippen LogP contribution in [0.5, 0.6) is 0 Å². The Morgan fingerprint density at radius 2 is 2.64 bits per heavy atom. The normalized spacial score (nSPS) is 9.82. The van der Waals surface area contributed by atoms with Gasteiger partial charge in [0, 0.05) is 12.2 Å². The summed E-state index contributed by atoms with van der Waals surface area (Å²) in [6.45, 7) is 0. The van der Waals surface area contributed by atoms with E-state index >= 15 is 0 Å². The first kappa shape index (κ1) is 8.06. The number of thioether (sulfide) groups is 1. The van der Waals surface area contributed by atoms with Gasteiger partial charge in [-0.25, -0.2) is 4.98 Å². The maximum atomic E-state index is 6.94. The Kier molecular flexibility index (Phi) is 2.91. The molecule has 1 aromatic heterocycles. The van der Waals surface area contributed by atoms with Crippen molar-refractivity contribution >= 4 is 17.6 Å². The molecule has 0 saturated carbocycles. The van der Waals surface area contributed by atoms with Crippen LogP contribution in [0.2, 0.25) is 0 Å². The molecule has 60 valence electrons. The minimum Gasteiger partial charge on any atom is -0.388 e. The van der Waals surface area contributed by atoms with E-state index in [-0.39, 0.29) is 5.84 Å². The molecule has 0 fully saturated rings. The molecule has 4 N–H and O–H groups in total. The zero-order valence-corrected chi connectivity index (χ0v) is 6.69. The molecule has 6 heteroatoms. The Morgan fingerprint density at radius 3 is 3.18 bits per heavy atom. The molecule has 0 amide bonds. The summed E-state index contributed by atoms with van der Waals surface area (Å²) in [5.74, 6) is 0.974. The van der Waals surface area contributed by atoms with Crippen LogP contribution in [-0.4, -0.2) is 26.8 Å². The highest BCUT2D eigenvalue weighted by molar-refractivity contribution is 7.99. The Morgan fingerprint density at radius 1 is 1.82 bits per heavy atom. The second-order valence-corrected chi connectivity index (χ2v) is 3.00. The van der Waals surface area contributed by atoms with Gasteiger partial charge in [-0.05, 0) is 0 Å². The van der Waals surface area contributed by atoms with Crippen LogP contribution in [0.4, 0.5) is 0 Å². The maximum Gasteiger partial charge on any atom is 0.183 e. The molecular weight excluding hydrogens is 162 g/mol. The van der Waals surface area contributed by atoms with Crippen LogP contribution in [0.25, 0.3) is 0 Å². The number of hydrogen-bond donors (Lipinski definition) is 3. The Hall–Kier alpha value is -1.04. The van der Waals surface area contributed by atoms with Gasteiger partial charge in [0.1, 0.15) is 6.33 Å². The average Bonchev–Trinajstić information content (AvgIpc) is 2.39. The van der Waals surface area contributed by atoms with Crippen molar-refractivity contribution < 1.29 is 0 Å². The number of amidine groups is 1. The molecule has 0 aliphatic carbocycles. The van der Waals surface area contributed by atoms with Gasteiger partial charge in [-0.2, -0.15) is 5.10 Å². The lowest BCUT2D eigenvalue weighted by atomic mass is 10.5. The number of nitrogens with zero attached hydrogens (tertiary/aromatic N) is 2. The minimum absolute atomic E-state index is 0.206. The fourth-order valence-electron chi connectivity index (χ4n) is 0.521. The van der Waals surface area contributed by atoms with Crippen LogP contribution in [0.3, 0.4) is 0 Å². The second kappa shape index (κ2) is 3.97. The molecule has 0 atom stereocenters. The van der Waals surface area contributed by atoms with Crippen molar-refractivity contribution in [1.82, 2.24) is 15.2 Å². The van der Waals surface area contributed by atoms with Gasteiger partial charge in [-0.15, -0.1) is 0 Å². The molecule has 0 unspecified atom stereocenters. The smallest absolute Gasteiger partial charge is 0.183 e. The predicted octanol–water partition coefficient (Wildman–Crippen LogP) is 0.223. The summed E-state index contributed by atoms with van der Waals surface area (Å²) in [6, 6.07) is 0. The van der Waals surface area contributed by atoms with E-state index in [4.69, 9.17) is 11.1 Å². The van der Waals surface area contributed by atoms with Gasteiger partial charge in [-0.3, -0.25) is 10.5 Å². The van der Waals surface area contributed by atoms with Crippen LogP contribution in [0.1, 0.15) is 6.42 Å². The highest BCUT2D eigenvalue weighted by Gasteiger charge is 1.96. The van der Waals surface area contributed by atoms with Gasteiger partial charge in [0.2, 0.25) is 0 Å². The van der Waals surface area contributed by atoms with Crippen LogP contribution < -0.4 is 5.73 Å². The minimum atomic E-state index is 0.206. The SMILES string of the molecule is N=C(N)CCSc1ncn[nH]1. The summed E-state index contributed by atoms with van der Waals surface area (Å²) < 4.78 is 0. The lowest BCUT2D eigenvalue weighted by Crippen LogP contribution is -2.09. The molecule has 0 radical (unpaired) electrons. The summed E-state index contributed by atoms with van der Waals surface area (Å²) >= 11 is 1.51. The molecule has 0 aromatic carbocycles. The quantitative estimate of drug-likeness (QED) is 0.343. The zero-order valence-electron chi connectivity index (χ0n) is 5.87. The first-order valence-corrected chi connectivity index (χ1v) is 4.08. The summed E-state index contributed by atoms with van der Waals surface area (Å²) in [4.78, 5) is 3.90. The Balaban J connectivity index is 2.19. The van der Waals surface area contributed by atoms with E-state index in [9.17, 15) is 0 Å². The molecule has 0 spiro atoms. The third kappa shape index (κ3) is 3.03. The van der Waals surface area contributed by atoms with Crippen LogP contribution in [0.15, 0.2) is 11.5 Å². The molecule has 0 aliphatic rings. The third-order valence-corrected chi connectivity index (χ3v) is 1.88. The number of rotatable bonds is 4. The zero-order chi connectivity index (χ0) is 8.10. The number of aromatic nitrogens is 3. The van der Waals surface area contributed by atoms with Crippen LogP contribution >= 0.6 is 11.8 Å². The number of aromatic amines is 1. The van der Waals surface area contributed by atoms with Crippen LogP contribution in [0, 0.1) is 5.41 Å². The summed E-state index contributed by atoms with van der Waals surface area (Å²) in [7, 11) is 0. The van der Waals surface area contributed by atoms with Crippen molar-refractivity contribution in [2.24, 2.45) is 5.73 Å². The van der Waals surface area contributed by atoms with Crippen molar-refractivity contribution in [3.05, 3.63) is 6.33 Å². The lowest BCUT2D eigenvalue weighted by molar-refractivity contribution is 0.972. The van der Waals surface area contributed by atoms with E-state index in [0.717, 1.165) is 10.9 Å². The van der Waals surface area contributed by atoms with Gasteiger partial charge >= 0.3 is 0 Å². The van der Waals surface area contributed by atoms with Crippen molar-refractivity contribution in [3.8, 4) is 0 Å². The first-order valence-electron chi connectivity index (χ1n) is 3.10. The first-order chi connectivity index (χ1) is 5.29. The third-order valence-electron chi connectivity index (χ3n) is 1.00. The molecule has 1 heterocycles. The maximum absolute atomic E-state index is 6.94. The van der Waals surface area contributed by atoms with Crippen molar-refractivity contribution in [2.45, 2.75) is 11.6 Å². The number of nitrogens with one attached hydrogen (secondary N) is 2. The van der Waals surface area contributed by atoms with E-state index in [0.29, 0.717) is 6.42 Å². The molecule has 0 bridgehead atoms. The second-order valence-electron chi connectivity index (χ2n) is 1.91. The molecule has 1 rings (SSSR count). The van der Waals surface area contributed by atoms with Gasteiger partial charge in [0.15, 0.2) is 5.16 Å². The number of hydrogen-bond acceptors (Lipinski definition) is 4. The average molecular weight is 171 g/mol. The fraction of sp³-hybridized carbons (Fsp3) is 0.400. The van der Waals surface area contributed by atoms with Crippen molar-refractivity contribution in [3.63, 3.8) is 0 Å². The van der Waals surface area contributed by atoms with Crippen LogP contribution in [-0.2, 0) is 0 Å². The molecule has 11 heavy (non-hydrogen) atoms. The molecule has 0 saturated heterocycles. The van der Waals surface area contributed by atoms with E-state index in [1.54, 1.807) is 0 Å². The van der Waals surface area contributed by atoms with E-state index in [2.05, 4.69) is 15.2 Å². The standard InChI is InChI=1S/C5H9N5S/c6-4(7)1-2-11-5-8-3-9-10-5/h3H,1-2H2,(H3,6,7)(H,8,9,10). The van der Waals surface area contributed by atoms with E-state index in [1.807, 2.05) is 0 Å². The monoisotopic (exact) mass is 171 g/mol. The fourth-order valence-corrected chi connectivity index (χ4v) is 1.28. The molecule has 1 aromatic rings.